The van der Waals surface area contributed by atoms with E-state index in [0.29, 0.717) is 12.5 Å². The summed E-state index contributed by atoms with van der Waals surface area (Å²) in [7, 11) is 0. The van der Waals surface area contributed by atoms with E-state index in [1.165, 1.54) is 0 Å². The molecule has 5 nitrogen and oxygen atoms in total. The van der Waals surface area contributed by atoms with Crippen LogP contribution >= 0.6 is 0 Å². The van der Waals surface area contributed by atoms with Crippen molar-refractivity contribution >= 4 is 5.96 Å². The molecule has 17 heavy (non-hydrogen) atoms. The smallest absolute Gasteiger partial charge is 0.188 e. The molecule has 0 radical (unpaired) electrons. The summed E-state index contributed by atoms with van der Waals surface area (Å²) in [5, 5.41) is 7.09. The van der Waals surface area contributed by atoms with E-state index in [9.17, 15) is 0 Å². The number of aryl methyl sites for hydroxylation is 2. The van der Waals surface area contributed by atoms with Gasteiger partial charge < -0.3 is 15.6 Å². The lowest BCUT2D eigenvalue weighted by molar-refractivity contribution is 0.380. The van der Waals surface area contributed by atoms with Crippen molar-refractivity contribution in [3.05, 3.63) is 17.0 Å². The highest BCUT2D eigenvalue weighted by Crippen LogP contribution is 2.16. The number of hydrogen-bond donors (Lipinski definition) is 2. The minimum absolute atomic E-state index is 0.483. The molecule has 0 atom stereocenters. The van der Waals surface area contributed by atoms with E-state index in [-0.39, 0.29) is 0 Å². The van der Waals surface area contributed by atoms with Crippen molar-refractivity contribution in [2.45, 2.75) is 46.6 Å². The number of hydrogen-bond acceptors (Lipinski definition) is 3. The molecule has 0 amide bonds. The fourth-order valence-electron chi connectivity index (χ4n) is 1.59. The zero-order chi connectivity index (χ0) is 12.7. The van der Waals surface area contributed by atoms with E-state index in [1.807, 2.05) is 6.92 Å². The first-order valence-corrected chi connectivity index (χ1v) is 6.22. The summed E-state index contributed by atoms with van der Waals surface area (Å²) in [6, 6.07) is 0. The molecule has 96 valence electrons. The van der Waals surface area contributed by atoms with Gasteiger partial charge >= 0.3 is 0 Å². The lowest BCUT2D eigenvalue weighted by atomic mass is 10.1. The third kappa shape index (κ3) is 3.76. The van der Waals surface area contributed by atoms with Crippen LogP contribution in [0.3, 0.4) is 0 Å². The molecule has 3 N–H and O–H groups in total. The van der Waals surface area contributed by atoms with E-state index in [0.717, 1.165) is 42.8 Å². The van der Waals surface area contributed by atoms with Crippen LogP contribution in [0.4, 0.5) is 0 Å². The molecule has 1 rings (SSSR count). The van der Waals surface area contributed by atoms with Gasteiger partial charge in [-0.1, -0.05) is 25.9 Å². The Kier molecular flexibility index (Phi) is 5.52. The molecule has 1 aromatic heterocycles. The predicted molar refractivity (Wildman–Crippen MR) is 68.9 cm³/mol. The number of aromatic nitrogens is 1. The average Bonchev–Trinajstić information content (AvgIpc) is 2.75. The van der Waals surface area contributed by atoms with Crippen LogP contribution in [-0.4, -0.2) is 17.7 Å². The lowest BCUT2D eigenvalue weighted by Crippen LogP contribution is -2.32. The molecule has 0 aliphatic carbocycles. The van der Waals surface area contributed by atoms with Gasteiger partial charge in [0.05, 0.1) is 12.2 Å². The molecule has 5 heteroatoms. The summed E-state index contributed by atoms with van der Waals surface area (Å²) in [4.78, 5) is 4.30. The fraction of sp³-hybridized carbons (Fsp3) is 0.667. The van der Waals surface area contributed by atoms with Crippen molar-refractivity contribution in [2.75, 3.05) is 6.54 Å². The molecule has 0 aliphatic heterocycles. The Labute approximate surface area is 102 Å². The molecule has 0 bridgehead atoms. The second-order valence-electron chi connectivity index (χ2n) is 3.87. The van der Waals surface area contributed by atoms with Gasteiger partial charge in [0.1, 0.15) is 5.76 Å². The van der Waals surface area contributed by atoms with Gasteiger partial charge in [0.25, 0.3) is 0 Å². The summed E-state index contributed by atoms with van der Waals surface area (Å²) in [6.45, 7) is 7.58. The van der Waals surface area contributed by atoms with Crippen LogP contribution in [-0.2, 0) is 19.4 Å². The fourth-order valence-corrected chi connectivity index (χ4v) is 1.59. The summed E-state index contributed by atoms with van der Waals surface area (Å²) >= 11 is 0. The van der Waals surface area contributed by atoms with E-state index in [1.54, 1.807) is 0 Å². The first-order valence-electron chi connectivity index (χ1n) is 6.22. The van der Waals surface area contributed by atoms with Crippen molar-refractivity contribution in [1.82, 2.24) is 10.5 Å². The molecule has 0 saturated carbocycles. The van der Waals surface area contributed by atoms with E-state index >= 15 is 0 Å². The number of nitrogens with two attached hydrogens (primary N) is 1. The Morgan fingerprint density at radius 3 is 2.71 bits per heavy atom. The first kappa shape index (κ1) is 13.5. The molecular weight excluding hydrogens is 216 g/mol. The van der Waals surface area contributed by atoms with Gasteiger partial charge in [-0.2, -0.15) is 0 Å². The van der Waals surface area contributed by atoms with Crippen LogP contribution in [0.1, 0.15) is 44.2 Å². The maximum Gasteiger partial charge on any atom is 0.188 e. The second kappa shape index (κ2) is 6.93. The predicted octanol–water partition coefficient (Wildman–Crippen LogP) is 1.61. The Balaban J connectivity index is 2.69. The normalized spacial score (nSPS) is 11.8. The van der Waals surface area contributed by atoms with Crippen molar-refractivity contribution in [2.24, 2.45) is 10.7 Å². The molecular formula is C12H22N4O. The Morgan fingerprint density at radius 2 is 2.12 bits per heavy atom. The van der Waals surface area contributed by atoms with Gasteiger partial charge in [0, 0.05) is 18.5 Å². The maximum atomic E-state index is 5.75. The number of rotatable bonds is 6. The minimum Gasteiger partial charge on any atom is -0.370 e. The van der Waals surface area contributed by atoms with E-state index in [4.69, 9.17) is 10.3 Å². The molecule has 0 unspecified atom stereocenters. The Hall–Kier alpha value is -1.52. The Morgan fingerprint density at radius 1 is 1.35 bits per heavy atom. The monoisotopic (exact) mass is 238 g/mol. The highest BCUT2D eigenvalue weighted by Gasteiger charge is 2.12. The number of nitrogens with one attached hydrogen (secondary N) is 1. The average molecular weight is 238 g/mol. The van der Waals surface area contributed by atoms with Gasteiger partial charge in [-0.05, 0) is 12.8 Å². The summed E-state index contributed by atoms with van der Waals surface area (Å²) < 4.78 is 5.27. The lowest BCUT2D eigenvalue weighted by Gasteiger charge is -2.03. The van der Waals surface area contributed by atoms with Crippen LogP contribution in [0.5, 0.6) is 0 Å². The molecule has 1 aromatic rings. The van der Waals surface area contributed by atoms with Crippen LogP contribution in [0.15, 0.2) is 9.52 Å². The third-order valence-electron chi connectivity index (χ3n) is 2.57. The maximum absolute atomic E-state index is 5.75. The topological polar surface area (TPSA) is 76.4 Å². The van der Waals surface area contributed by atoms with Crippen molar-refractivity contribution < 1.29 is 4.52 Å². The molecule has 0 spiro atoms. The van der Waals surface area contributed by atoms with Gasteiger partial charge in [-0.3, -0.25) is 0 Å². The molecule has 0 aliphatic rings. The largest absolute Gasteiger partial charge is 0.370 e. The minimum atomic E-state index is 0.483. The van der Waals surface area contributed by atoms with E-state index in [2.05, 4.69) is 29.3 Å². The molecule has 0 fully saturated rings. The number of aliphatic imine (C=N–C) groups is 1. The SMILES string of the molecule is CCCNC(N)=NCc1c(CC)noc1CC. The quantitative estimate of drug-likeness (QED) is 0.583. The van der Waals surface area contributed by atoms with E-state index < -0.39 is 0 Å². The zero-order valence-electron chi connectivity index (χ0n) is 10.9. The van der Waals surface area contributed by atoms with Gasteiger partial charge in [-0.25, -0.2) is 4.99 Å². The molecule has 0 saturated heterocycles. The number of guanidine groups is 1. The van der Waals surface area contributed by atoms with Crippen LogP contribution in [0, 0.1) is 0 Å². The molecule has 1 heterocycles. The summed E-state index contributed by atoms with van der Waals surface area (Å²) in [5.74, 6) is 1.39. The van der Waals surface area contributed by atoms with Crippen molar-refractivity contribution in [1.29, 1.82) is 0 Å². The van der Waals surface area contributed by atoms with Gasteiger partial charge in [-0.15, -0.1) is 0 Å². The number of nitrogens with zero attached hydrogens (tertiary/aromatic N) is 2. The third-order valence-corrected chi connectivity index (χ3v) is 2.57. The van der Waals surface area contributed by atoms with Crippen molar-refractivity contribution in [3.63, 3.8) is 0 Å². The summed E-state index contributed by atoms with van der Waals surface area (Å²) in [5.41, 5.74) is 7.81. The van der Waals surface area contributed by atoms with Gasteiger partial charge in [0.2, 0.25) is 0 Å². The van der Waals surface area contributed by atoms with Gasteiger partial charge in [0.15, 0.2) is 5.96 Å². The first-order chi connectivity index (χ1) is 8.22. The second-order valence-corrected chi connectivity index (χ2v) is 3.87. The van der Waals surface area contributed by atoms with Crippen LogP contribution in [0.2, 0.25) is 0 Å². The van der Waals surface area contributed by atoms with Crippen molar-refractivity contribution in [3.8, 4) is 0 Å². The Bertz CT molecular complexity index is 349. The summed E-state index contributed by atoms with van der Waals surface area (Å²) in [6.07, 6.45) is 2.72. The zero-order valence-corrected chi connectivity index (χ0v) is 10.9. The highest BCUT2D eigenvalue weighted by molar-refractivity contribution is 5.77. The highest BCUT2D eigenvalue weighted by atomic mass is 16.5. The van der Waals surface area contributed by atoms with Crippen LogP contribution < -0.4 is 11.1 Å². The molecule has 0 aromatic carbocycles. The van der Waals surface area contributed by atoms with Crippen LogP contribution in [0.25, 0.3) is 0 Å². The standard InChI is InChI=1S/C12H22N4O/c1-4-7-14-12(13)15-8-9-10(5-2)16-17-11(9)6-3/h4-8H2,1-3H3,(H3,13,14,15).